The molecule has 1 unspecified atom stereocenters. The van der Waals surface area contributed by atoms with Crippen LogP contribution in [0.25, 0.3) is 0 Å². The highest BCUT2D eigenvalue weighted by atomic mass is 16.3. The van der Waals surface area contributed by atoms with Gasteiger partial charge in [0.25, 0.3) is 0 Å². The smallest absolute Gasteiger partial charge is 0.0693 e. The van der Waals surface area contributed by atoms with Gasteiger partial charge in [-0.1, -0.05) is 13.8 Å². The predicted octanol–water partition coefficient (Wildman–Crippen LogP) is 1.35. The van der Waals surface area contributed by atoms with E-state index in [1.54, 1.807) is 0 Å². The van der Waals surface area contributed by atoms with E-state index in [1.165, 1.54) is 0 Å². The summed E-state index contributed by atoms with van der Waals surface area (Å²) in [4.78, 5) is 0. The summed E-state index contributed by atoms with van der Waals surface area (Å²) in [6, 6.07) is 0. The van der Waals surface area contributed by atoms with Crippen molar-refractivity contribution in [3.8, 4) is 0 Å². The van der Waals surface area contributed by atoms with Gasteiger partial charge in [0, 0.05) is 5.54 Å². The third-order valence-corrected chi connectivity index (χ3v) is 2.54. The van der Waals surface area contributed by atoms with E-state index >= 15 is 0 Å². The first-order chi connectivity index (χ1) is 5.13. The standard InChI is InChI=1S/C9H20NO/c1-5-9(6-2,8(4)11)10-7-3/h8,10-11H,3,5-7H2,1-2,4H3. The minimum Gasteiger partial charge on any atom is -0.391 e. The van der Waals surface area contributed by atoms with Crippen LogP contribution >= 0.6 is 0 Å². The van der Waals surface area contributed by atoms with E-state index in [4.69, 9.17) is 0 Å². The number of aliphatic hydroxyl groups is 1. The average molecular weight is 158 g/mol. The number of nitrogens with one attached hydrogen (secondary N) is 1. The Bertz CT molecular complexity index is 97.7. The Labute approximate surface area is 70.0 Å². The van der Waals surface area contributed by atoms with Gasteiger partial charge in [-0.25, -0.2) is 0 Å². The quantitative estimate of drug-likeness (QED) is 0.633. The molecule has 0 aliphatic carbocycles. The summed E-state index contributed by atoms with van der Waals surface area (Å²) in [6.45, 7) is 10.4. The lowest BCUT2D eigenvalue weighted by atomic mass is 9.87. The van der Waals surface area contributed by atoms with Crippen molar-refractivity contribution < 1.29 is 5.11 Å². The zero-order chi connectivity index (χ0) is 8.91. The Hall–Kier alpha value is -0.0800. The van der Waals surface area contributed by atoms with Gasteiger partial charge in [0.05, 0.1) is 6.10 Å². The Morgan fingerprint density at radius 3 is 2.00 bits per heavy atom. The van der Waals surface area contributed by atoms with E-state index in [0.29, 0.717) is 6.54 Å². The maximum absolute atomic E-state index is 9.50. The molecule has 0 aromatic rings. The summed E-state index contributed by atoms with van der Waals surface area (Å²) in [5, 5.41) is 12.7. The first-order valence-electron chi connectivity index (χ1n) is 4.35. The highest BCUT2D eigenvalue weighted by Gasteiger charge is 2.29. The third kappa shape index (κ3) is 2.46. The Morgan fingerprint density at radius 1 is 1.45 bits per heavy atom. The summed E-state index contributed by atoms with van der Waals surface area (Å²) in [5.41, 5.74) is -0.123. The molecule has 0 spiro atoms. The lowest BCUT2D eigenvalue weighted by molar-refractivity contribution is 0.0699. The fourth-order valence-electron chi connectivity index (χ4n) is 1.49. The van der Waals surface area contributed by atoms with Crippen molar-refractivity contribution in [1.82, 2.24) is 5.32 Å². The summed E-state index contributed by atoms with van der Waals surface area (Å²) >= 11 is 0. The highest BCUT2D eigenvalue weighted by Crippen LogP contribution is 2.19. The molecule has 2 N–H and O–H groups in total. The van der Waals surface area contributed by atoms with Crippen LogP contribution < -0.4 is 5.32 Å². The molecule has 1 radical (unpaired) electrons. The maximum atomic E-state index is 9.50. The van der Waals surface area contributed by atoms with E-state index in [1.807, 2.05) is 6.92 Å². The van der Waals surface area contributed by atoms with Crippen molar-refractivity contribution >= 4 is 0 Å². The van der Waals surface area contributed by atoms with Crippen molar-refractivity contribution in [2.75, 3.05) is 6.54 Å². The van der Waals surface area contributed by atoms with Crippen molar-refractivity contribution in [2.45, 2.75) is 45.3 Å². The monoisotopic (exact) mass is 158 g/mol. The molecule has 0 bridgehead atoms. The molecular formula is C9H20NO. The molecule has 0 aromatic carbocycles. The highest BCUT2D eigenvalue weighted by molar-refractivity contribution is 4.90. The molecule has 2 heteroatoms. The molecule has 0 amide bonds. The molecule has 0 rings (SSSR count). The van der Waals surface area contributed by atoms with Crippen LogP contribution in [-0.4, -0.2) is 23.3 Å². The molecule has 11 heavy (non-hydrogen) atoms. The topological polar surface area (TPSA) is 32.3 Å². The van der Waals surface area contributed by atoms with Gasteiger partial charge in [-0.3, -0.25) is 0 Å². The van der Waals surface area contributed by atoms with Gasteiger partial charge in [0.1, 0.15) is 0 Å². The number of hydrogen-bond acceptors (Lipinski definition) is 2. The molecule has 0 saturated heterocycles. The molecule has 0 saturated carbocycles. The molecule has 0 fully saturated rings. The molecule has 67 valence electrons. The second kappa shape index (κ2) is 4.73. The van der Waals surface area contributed by atoms with Gasteiger partial charge < -0.3 is 10.4 Å². The van der Waals surface area contributed by atoms with Gasteiger partial charge in [0.15, 0.2) is 0 Å². The lowest BCUT2D eigenvalue weighted by Crippen LogP contribution is -2.52. The van der Waals surface area contributed by atoms with E-state index in [2.05, 4.69) is 26.1 Å². The van der Waals surface area contributed by atoms with Crippen molar-refractivity contribution in [3.63, 3.8) is 0 Å². The normalized spacial score (nSPS) is 15.0. The number of hydrogen-bond donors (Lipinski definition) is 2. The van der Waals surface area contributed by atoms with Gasteiger partial charge in [-0.15, -0.1) is 0 Å². The zero-order valence-corrected chi connectivity index (χ0v) is 7.85. The zero-order valence-electron chi connectivity index (χ0n) is 7.85. The molecule has 0 aromatic heterocycles. The summed E-state index contributed by atoms with van der Waals surface area (Å²) in [6.07, 6.45) is 1.58. The number of aliphatic hydroxyl groups excluding tert-OH is 1. The number of rotatable bonds is 5. The minimum absolute atomic E-state index is 0.123. The second-order valence-electron chi connectivity index (χ2n) is 2.97. The van der Waals surface area contributed by atoms with E-state index in [0.717, 1.165) is 12.8 Å². The van der Waals surface area contributed by atoms with E-state index < -0.39 is 0 Å². The van der Waals surface area contributed by atoms with Crippen LogP contribution in [0.1, 0.15) is 33.6 Å². The van der Waals surface area contributed by atoms with Crippen molar-refractivity contribution in [3.05, 3.63) is 6.92 Å². The van der Waals surface area contributed by atoms with Crippen molar-refractivity contribution in [1.29, 1.82) is 0 Å². The molecule has 0 aliphatic rings. The fraction of sp³-hybridized carbons (Fsp3) is 0.889. The minimum atomic E-state index is -0.306. The Morgan fingerprint density at radius 2 is 1.91 bits per heavy atom. The van der Waals surface area contributed by atoms with Gasteiger partial charge in [-0.2, -0.15) is 0 Å². The Balaban J connectivity index is 4.20. The van der Waals surface area contributed by atoms with Crippen LogP contribution in [0.4, 0.5) is 0 Å². The first-order valence-corrected chi connectivity index (χ1v) is 4.35. The van der Waals surface area contributed by atoms with Crippen molar-refractivity contribution in [2.24, 2.45) is 0 Å². The lowest BCUT2D eigenvalue weighted by Gasteiger charge is -2.35. The van der Waals surface area contributed by atoms with Gasteiger partial charge in [0.2, 0.25) is 0 Å². The van der Waals surface area contributed by atoms with Crippen LogP contribution in [0.3, 0.4) is 0 Å². The van der Waals surface area contributed by atoms with E-state index in [9.17, 15) is 5.11 Å². The maximum Gasteiger partial charge on any atom is 0.0693 e. The summed E-state index contributed by atoms with van der Waals surface area (Å²) < 4.78 is 0. The predicted molar refractivity (Wildman–Crippen MR) is 48.4 cm³/mol. The van der Waals surface area contributed by atoms with Crippen LogP contribution in [0.2, 0.25) is 0 Å². The molecule has 0 aliphatic heterocycles. The largest absolute Gasteiger partial charge is 0.391 e. The fourth-order valence-corrected chi connectivity index (χ4v) is 1.49. The van der Waals surface area contributed by atoms with Crippen LogP contribution in [-0.2, 0) is 0 Å². The molecule has 0 heterocycles. The molecular weight excluding hydrogens is 138 g/mol. The van der Waals surface area contributed by atoms with Crippen LogP contribution in [0.5, 0.6) is 0 Å². The third-order valence-electron chi connectivity index (χ3n) is 2.54. The molecule has 1 atom stereocenters. The van der Waals surface area contributed by atoms with Crippen LogP contribution in [0.15, 0.2) is 0 Å². The van der Waals surface area contributed by atoms with E-state index in [-0.39, 0.29) is 11.6 Å². The SMILES string of the molecule is [CH2]CNC(CC)(CC)C(C)O. The van der Waals surface area contributed by atoms with Crippen LogP contribution in [0, 0.1) is 6.92 Å². The Kier molecular flexibility index (Phi) is 4.69. The average Bonchev–Trinajstić information content (AvgIpc) is 2.00. The summed E-state index contributed by atoms with van der Waals surface area (Å²) in [5.74, 6) is 0. The van der Waals surface area contributed by atoms with Gasteiger partial charge in [-0.05, 0) is 33.2 Å². The first kappa shape index (κ1) is 10.9. The summed E-state index contributed by atoms with van der Waals surface area (Å²) in [7, 11) is 0. The molecule has 2 nitrogen and oxygen atoms in total. The second-order valence-corrected chi connectivity index (χ2v) is 2.97. The van der Waals surface area contributed by atoms with Gasteiger partial charge >= 0.3 is 0 Å².